The molecule has 2 atom stereocenters. The maximum atomic E-state index is 13.0. The van der Waals surface area contributed by atoms with Crippen molar-refractivity contribution in [3.05, 3.63) is 23.8 Å². The molecular formula is C25H36N2O7S. The van der Waals surface area contributed by atoms with Crippen molar-refractivity contribution < 1.29 is 33.8 Å². The topological polar surface area (TPSA) is 131 Å². The van der Waals surface area contributed by atoms with Gasteiger partial charge in [0.25, 0.3) is 0 Å². The van der Waals surface area contributed by atoms with Crippen molar-refractivity contribution in [3.63, 3.8) is 0 Å². The summed E-state index contributed by atoms with van der Waals surface area (Å²) in [6.07, 6.45) is 3.82. The molecule has 0 aliphatic heterocycles. The molecule has 1 aromatic carbocycles. The van der Waals surface area contributed by atoms with Gasteiger partial charge in [0.1, 0.15) is 17.5 Å². The molecule has 1 fully saturated rings. The minimum atomic E-state index is -1.18. The van der Waals surface area contributed by atoms with Crippen LogP contribution < -0.4 is 20.1 Å². The number of hydrogen-bond acceptors (Lipinski definition) is 7. The molecule has 1 aliphatic rings. The number of aliphatic carboxylic acids is 1. The van der Waals surface area contributed by atoms with Crippen LogP contribution in [0.2, 0.25) is 0 Å². The molecule has 1 aromatic rings. The standard InChI is InChI=1S/C25H36N2O7S/c1-15(2)24(27-22(29)12-16-11-17(33-3)9-10-21(16)34-4)25(32)26-19(13-23(30)31)20(28)14-35-18-7-5-6-8-18/h9-11,15,18-19,24H,5-8,12-14H2,1-4H3,(H,26,32)(H,27,29)(H,30,31)/t19-,24-/m0/s1. The second-order valence-corrected chi connectivity index (χ2v) is 10.3. The molecule has 0 heterocycles. The van der Waals surface area contributed by atoms with Crippen molar-refractivity contribution in [2.75, 3.05) is 20.0 Å². The van der Waals surface area contributed by atoms with Crippen LogP contribution in [-0.4, -0.2) is 66.0 Å². The summed E-state index contributed by atoms with van der Waals surface area (Å²) in [6, 6.07) is 3.01. The quantitative estimate of drug-likeness (QED) is 0.350. The molecule has 194 valence electrons. The lowest BCUT2D eigenvalue weighted by atomic mass is 10.0. The number of ether oxygens (including phenoxy) is 2. The van der Waals surface area contributed by atoms with E-state index in [2.05, 4.69) is 10.6 Å². The molecule has 0 radical (unpaired) electrons. The van der Waals surface area contributed by atoms with Gasteiger partial charge in [-0.1, -0.05) is 26.7 Å². The Kier molecular flexibility index (Phi) is 11.4. The Labute approximate surface area is 210 Å². The van der Waals surface area contributed by atoms with E-state index in [1.807, 2.05) is 0 Å². The predicted molar refractivity (Wildman–Crippen MR) is 134 cm³/mol. The van der Waals surface area contributed by atoms with Gasteiger partial charge in [0.05, 0.1) is 38.9 Å². The Hall–Kier alpha value is -2.75. The zero-order valence-corrected chi connectivity index (χ0v) is 21.6. The van der Waals surface area contributed by atoms with Gasteiger partial charge < -0.3 is 25.2 Å². The molecule has 0 spiro atoms. The summed E-state index contributed by atoms with van der Waals surface area (Å²) in [6.45, 7) is 3.53. The SMILES string of the molecule is COc1ccc(OC)c(CC(=O)N[C@H](C(=O)N[C@@H](CC(=O)O)C(=O)CSC2CCCC2)C(C)C)c1. The van der Waals surface area contributed by atoms with Gasteiger partial charge in [-0.15, -0.1) is 0 Å². The molecule has 1 saturated carbocycles. The van der Waals surface area contributed by atoms with Crippen molar-refractivity contribution in [2.24, 2.45) is 5.92 Å². The molecule has 0 unspecified atom stereocenters. The molecule has 2 amide bonds. The fourth-order valence-corrected chi connectivity index (χ4v) is 5.26. The number of thioether (sulfide) groups is 1. The normalized spacial score (nSPS) is 15.3. The molecule has 0 bridgehead atoms. The summed E-state index contributed by atoms with van der Waals surface area (Å²) >= 11 is 1.52. The third-order valence-corrected chi connectivity index (χ3v) is 7.35. The number of benzene rings is 1. The molecule has 0 aromatic heterocycles. The van der Waals surface area contributed by atoms with E-state index in [0.717, 1.165) is 25.7 Å². The summed E-state index contributed by atoms with van der Waals surface area (Å²) in [7, 11) is 3.02. The predicted octanol–water partition coefficient (Wildman–Crippen LogP) is 2.59. The first-order chi connectivity index (χ1) is 16.6. The highest BCUT2D eigenvalue weighted by Crippen LogP contribution is 2.29. The number of carboxylic acids is 1. The van der Waals surface area contributed by atoms with Crippen LogP contribution in [0.3, 0.4) is 0 Å². The number of Topliss-reactive ketones (excluding diaryl/α,β-unsaturated/α-hetero) is 1. The first-order valence-corrected chi connectivity index (χ1v) is 12.9. The summed E-state index contributed by atoms with van der Waals surface area (Å²) in [5.74, 6) is -1.57. The zero-order chi connectivity index (χ0) is 26.0. The summed E-state index contributed by atoms with van der Waals surface area (Å²) in [4.78, 5) is 49.9. The average Bonchev–Trinajstić information content (AvgIpc) is 3.33. The van der Waals surface area contributed by atoms with Gasteiger partial charge in [-0.3, -0.25) is 19.2 Å². The Balaban J connectivity index is 2.05. The highest BCUT2D eigenvalue weighted by atomic mass is 32.2. The van der Waals surface area contributed by atoms with E-state index in [4.69, 9.17) is 9.47 Å². The number of ketones is 1. The van der Waals surface area contributed by atoms with Gasteiger partial charge in [0.15, 0.2) is 5.78 Å². The lowest BCUT2D eigenvalue weighted by Crippen LogP contribution is -2.54. The lowest BCUT2D eigenvalue weighted by Gasteiger charge is -2.25. The van der Waals surface area contributed by atoms with Crippen LogP contribution in [0.15, 0.2) is 18.2 Å². The number of carbonyl (C=O) groups excluding carboxylic acids is 3. The Bertz CT molecular complexity index is 900. The third kappa shape index (κ3) is 9.08. The zero-order valence-electron chi connectivity index (χ0n) is 20.8. The molecule has 0 saturated heterocycles. The van der Waals surface area contributed by atoms with Crippen LogP contribution in [0.4, 0.5) is 0 Å². The Morgan fingerprint density at radius 2 is 1.77 bits per heavy atom. The van der Waals surface area contributed by atoms with Gasteiger partial charge in [-0.25, -0.2) is 0 Å². The van der Waals surface area contributed by atoms with Crippen molar-refractivity contribution in [2.45, 2.75) is 69.7 Å². The van der Waals surface area contributed by atoms with Crippen molar-refractivity contribution in [1.82, 2.24) is 10.6 Å². The fraction of sp³-hybridized carbons (Fsp3) is 0.600. The monoisotopic (exact) mass is 508 g/mol. The number of carboxylic acid groups (broad SMARTS) is 1. The van der Waals surface area contributed by atoms with E-state index < -0.39 is 36.3 Å². The maximum Gasteiger partial charge on any atom is 0.305 e. The van der Waals surface area contributed by atoms with E-state index in [-0.39, 0.29) is 23.9 Å². The first kappa shape index (κ1) is 28.5. The average molecular weight is 509 g/mol. The fourth-order valence-electron chi connectivity index (χ4n) is 3.99. The molecule has 35 heavy (non-hydrogen) atoms. The molecular weight excluding hydrogens is 472 g/mol. The van der Waals surface area contributed by atoms with Crippen LogP contribution in [0.25, 0.3) is 0 Å². The van der Waals surface area contributed by atoms with Crippen LogP contribution >= 0.6 is 11.8 Å². The van der Waals surface area contributed by atoms with E-state index in [1.165, 1.54) is 26.0 Å². The Morgan fingerprint density at radius 3 is 2.34 bits per heavy atom. The van der Waals surface area contributed by atoms with Crippen LogP contribution in [-0.2, 0) is 25.6 Å². The van der Waals surface area contributed by atoms with Gasteiger partial charge in [0, 0.05) is 10.8 Å². The second-order valence-electron chi connectivity index (χ2n) is 8.99. The van der Waals surface area contributed by atoms with Crippen molar-refractivity contribution in [1.29, 1.82) is 0 Å². The minimum Gasteiger partial charge on any atom is -0.497 e. The lowest BCUT2D eigenvalue weighted by molar-refractivity contribution is -0.140. The van der Waals surface area contributed by atoms with Crippen LogP contribution in [0, 0.1) is 5.92 Å². The number of rotatable bonds is 14. The molecule has 2 rings (SSSR count). The highest BCUT2D eigenvalue weighted by molar-refractivity contribution is 8.00. The largest absolute Gasteiger partial charge is 0.497 e. The number of methoxy groups -OCH3 is 2. The molecule has 10 heteroatoms. The number of nitrogens with one attached hydrogen (secondary N) is 2. The van der Waals surface area contributed by atoms with E-state index in [0.29, 0.717) is 22.3 Å². The number of amides is 2. The van der Waals surface area contributed by atoms with Gasteiger partial charge in [-0.05, 0) is 37.0 Å². The molecule has 1 aliphatic carbocycles. The van der Waals surface area contributed by atoms with Gasteiger partial charge in [0.2, 0.25) is 11.8 Å². The highest BCUT2D eigenvalue weighted by Gasteiger charge is 2.30. The number of carbonyl (C=O) groups is 4. The van der Waals surface area contributed by atoms with E-state index in [9.17, 15) is 24.3 Å². The van der Waals surface area contributed by atoms with Crippen LogP contribution in [0.5, 0.6) is 11.5 Å². The summed E-state index contributed by atoms with van der Waals surface area (Å²) < 4.78 is 10.5. The van der Waals surface area contributed by atoms with E-state index in [1.54, 1.807) is 32.0 Å². The van der Waals surface area contributed by atoms with Gasteiger partial charge >= 0.3 is 5.97 Å². The third-order valence-electron chi connectivity index (χ3n) is 5.95. The minimum absolute atomic E-state index is 0.0492. The molecule has 9 nitrogen and oxygen atoms in total. The summed E-state index contributed by atoms with van der Waals surface area (Å²) in [5.41, 5.74) is 0.593. The smallest absolute Gasteiger partial charge is 0.305 e. The van der Waals surface area contributed by atoms with Crippen molar-refractivity contribution in [3.8, 4) is 11.5 Å². The van der Waals surface area contributed by atoms with Gasteiger partial charge in [-0.2, -0.15) is 11.8 Å². The second kappa shape index (κ2) is 14.0. The van der Waals surface area contributed by atoms with E-state index >= 15 is 0 Å². The summed E-state index contributed by atoms with van der Waals surface area (Å²) in [5, 5.41) is 15.0. The maximum absolute atomic E-state index is 13.0. The Morgan fingerprint density at radius 1 is 1.09 bits per heavy atom. The van der Waals surface area contributed by atoms with Crippen molar-refractivity contribution >= 4 is 35.3 Å². The first-order valence-electron chi connectivity index (χ1n) is 11.8. The number of hydrogen-bond donors (Lipinski definition) is 3. The molecule has 3 N–H and O–H groups in total. The van der Waals surface area contributed by atoms with Crippen LogP contribution in [0.1, 0.15) is 51.5 Å².